The van der Waals surface area contributed by atoms with Crippen molar-refractivity contribution >= 4 is 22.5 Å². The molecule has 0 radical (unpaired) electrons. The van der Waals surface area contributed by atoms with Crippen molar-refractivity contribution in [3.63, 3.8) is 0 Å². The van der Waals surface area contributed by atoms with Crippen LogP contribution in [0.1, 0.15) is 17.4 Å². The van der Waals surface area contributed by atoms with E-state index in [9.17, 15) is 4.79 Å². The topological polar surface area (TPSA) is 77.9 Å². The number of aromatic nitrogens is 2. The highest BCUT2D eigenvalue weighted by atomic mass is 16.5. The van der Waals surface area contributed by atoms with Gasteiger partial charge in [-0.05, 0) is 25.1 Å². The molecular formula is C23H28N4O4. The average Bonchev–Trinajstić information content (AvgIpc) is 3.18. The van der Waals surface area contributed by atoms with Crippen LogP contribution in [0.3, 0.4) is 0 Å². The van der Waals surface area contributed by atoms with Gasteiger partial charge in [-0.1, -0.05) is 18.2 Å². The number of carbonyl (C=O) groups excluding carboxylic acids is 1. The minimum Gasteiger partial charge on any atom is -0.494 e. The Morgan fingerprint density at radius 1 is 1.16 bits per heavy atom. The summed E-state index contributed by atoms with van der Waals surface area (Å²) in [5, 5.41) is 8.38. The summed E-state index contributed by atoms with van der Waals surface area (Å²) in [7, 11) is 1.63. The Bertz CT molecular complexity index is 1040. The van der Waals surface area contributed by atoms with Crippen molar-refractivity contribution in [2.45, 2.75) is 13.5 Å². The van der Waals surface area contributed by atoms with Crippen LogP contribution in [-0.2, 0) is 11.3 Å². The van der Waals surface area contributed by atoms with E-state index in [2.05, 4.69) is 15.3 Å². The number of rotatable bonds is 8. The number of carbonyl (C=O) groups is 1. The van der Waals surface area contributed by atoms with E-state index in [-0.39, 0.29) is 5.91 Å². The van der Waals surface area contributed by atoms with Gasteiger partial charge in [0.2, 0.25) is 0 Å². The van der Waals surface area contributed by atoms with Gasteiger partial charge in [-0.25, -0.2) is 0 Å². The van der Waals surface area contributed by atoms with Crippen molar-refractivity contribution in [1.82, 2.24) is 14.7 Å². The number of anilines is 1. The molecule has 3 aromatic rings. The quantitative estimate of drug-likeness (QED) is 0.599. The van der Waals surface area contributed by atoms with Crippen molar-refractivity contribution in [3.8, 4) is 11.5 Å². The molecule has 1 N–H and O–H groups in total. The smallest absolute Gasteiger partial charge is 0.276 e. The molecule has 0 unspecified atom stereocenters. The molecule has 0 aliphatic carbocycles. The summed E-state index contributed by atoms with van der Waals surface area (Å²) in [5.41, 5.74) is 1.86. The third kappa shape index (κ3) is 4.81. The summed E-state index contributed by atoms with van der Waals surface area (Å²) in [6.07, 6.45) is 0. The van der Waals surface area contributed by atoms with Gasteiger partial charge in [0.15, 0.2) is 5.69 Å². The standard InChI is InChI=1S/C23H28N4O4/c1-3-31-18-7-4-6-17(16-18)24-23(28)21-19-8-5-9-20(29-2)22(19)27(25-21)11-10-26-12-14-30-15-13-26/h4-9,16H,3,10-15H2,1-2H3,(H,24,28). The number of nitrogens with one attached hydrogen (secondary N) is 1. The fourth-order valence-electron chi connectivity index (χ4n) is 3.78. The van der Waals surface area contributed by atoms with E-state index in [0.717, 1.165) is 43.8 Å². The summed E-state index contributed by atoms with van der Waals surface area (Å²) < 4.78 is 18.4. The predicted molar refractivity (Wildman–Crippen MR) is 119 cm³/mol. The molecule has 2 heterocycles. The Labute approximate surface area is 181 Å². The van der Waals surface area contributed by atoms with Crippen LogP contribution >= 0.6 is 0 Å². The summed E-state index contributed by atoms with van der Waals surface area (Å²) in [6.45, 7) is 7.28. The van der Waals surface area contributed by atoms with Crippen LogP contribution < -0.4 is 14.8 Å². The van der Waals surface area contributed by atoms with Crippen LogP contribution in [0.25, 0.3) is 10.9 Å². The average molecular weight is 425 g/mol. The number of hydrogen-bond acceptors (Lipinski definition) is 6. The number of methoxy groups -OCH3 is 1. The number of fused-ring (bicyclic) bond motifs is 1. The van der Waals surface area contributed by atoms with E-state index in [4.69, 9.17) is 14.2 Å². The zero-order valence-corrected chi connectivity index (χ0v) is 18.0. The number of nitrogens with zero attached hydrogens (tertiary/aromatic N) is 3. The largest absolute Gasteiger partial charge is 0.494 e. The normalized spacial score (nSPS) is 14.5. The first-order valence-corrected chi connectivity index (χ1v) is 10.6. The molecule has 31 heavy (non-hydrogen) atoms. The van der Waals surface area contributed by atoms with Gasteiger partial charge in [-0.3, -0.25) is 14.4 Å². The summed E-state index contributed by atoms with van der Waals surface area (Å²) in [6, 6.07) is 13.0. The fourth-order valence-corrected chi connectivity index (χ4v) is 3.78. The Balaban J connectivity index is 1.61. The number of ether oxygens (including phenoxy) is 3. The van der Waals surface area contributed by atoms with Crippen LogP contribution in [0.15, 0.2) is 42.5 Å². The van der Waals surface area contributed by atoms with Gasteiger partial charge in [-0.15, -0.1) is 0 Å². The molecular weight excluding hydrogens is 396 g/mol. The minimum absolute atomic E-state index is 0.267. The lowest BCUT2D eigenvalue weighted by Crippen LogP contribution is -2.38. The van der Waals surface area contributed by atoms with Crippen LogP contribution in [0.2, 0.25) is 0 Å². The van der Waals surface area contributed by atoms with Crippen LogP contribution in [-0.4, -0.2) is 67.2 Å². The third-order valence-electron chi connectivity index (χ3n) is 5.30. The molecule has 1 aliphatic rings. The van der Waals surface area contributed by atoms with E-state index in [0.29, 0.717) is 36.0 Å². The molecule has 164 valence electrons. The van der Waals surface area contributed by atoms with Gasteiger partial charge < -0.3 is 19.5 Å². The van der Waals surface area contributed by atoms with Crippen molar-refractivity contribution in [2.75, 3.05) is 51.9 Å². The first kappa shape index (κ1) is 21.1. The summed E-state index contributed by atoms with van der Waals surface area (Å²) in [5.74, 6) is 1.14. The van der Waals surface area contributed by atoms with Crippen LogP contribution in [0.4, 0.5) is 5.69 Å². The number of amides is 1. The van der Waals surface area contributed by atoms with Gasteiger partial charge in [0.1, 0.15) is 17.0 Å². The Morgan fingerprint density at radius 3 is 2.74 bits per heavy atom. The van der Waals surface area contributed by atoms with Gasteiger partial charge in [0.25, 0.3) is 5.91 Å². The lowest BCUT2D eigenvalue weighted by Gasteiger charge is -2.26. The maximum atomic E-state index is 13.1. The molecule has 8 heteroatoms. The number of hydrogen-bond donors (Lipinski definition) is 1. The van der Waals surface area contributed by atoms with E-state index < -0.39 is 0 Å². The molecule has 4 rings (SSSR count). The van der Waals surface area contributed by atoms with Crippen molar-refractivity contribution in [3.05, 3.63) is 48.2 Å². The minimum atomic E-state index is -0.267. The van der Waals surface area contributed by atoms with E-state index in [1.807, 2.05) is 48.0 Å². The molecule has 0 bridgehead atoms. The van der Waals surface area contributed by atoms with Crippen LogP contribution in [0.5, 0.6) is 11.5 Å². The maximum absolute atomic E-state index is 13.1. The van der Waals surface area contributed by atoms with Crippen LogP contribution in [0, 0.1) is 0 Å². The Hall–Kier alpha value is -3.10. The highest BCUT2D eigenvalue weighted by molar-refractivity contribution is 6.12. The highest BCUT2D eigenvalue weighted by Crippen LogP contribution is 2.29. The lowest BCUT2D eigenvalue weighted by molar-refractivity contribution is 0.0361. The van der Waals surface area contributed by atoms with Gasteiger partial charge in [0, 0.05) is 36.8 Å². The van der Waals surface area contributed by atoms with Gasteiger partial charge >= 0.3 is 0 Å². The van der Waals surface area contributed by atoms with E-state index in [1.54, 1.807) is 13.2 Å². The first-order chi connectivity index (χ1) is 15.2. The molecule has 0 atom stereocenters. The maximum Gasteiger partial charge on any atom is 0.276 e. The lowest BCUT2D eigenvalue weighted by atomic mass is 10.2. The molecule has 8 nitrogen and oxygen atoms in total. The van der Waals surface area contributed by atoms with Crippen molar-refractivity contribution < 1.29 is 19.0 Å². The van der Waals surface area contributed by atoms with Gasteiger partial charge in [-0.2, -0.15) is 5.10 Å². The molecule has 1 amide bonds. The molecule has 1 saturated heterocycles. The van der Waals surface area contributed by atoms with E-state index in [1.165, 1.54) is 0 Å². The molecule has 1 aliphatic heterocycles. The molecule has 2 aromatic carbocycles. The Morgan fingerprint density at radius 2 is 1.97 bits per heavy atom. The first-order valence-electron chi connectivity index (χ1n) is 10.6. The zero-order chi connectivity index (χ0) is 21.6. The second-order valence-electron chi connectivity index (χ2n) is 7.30. The zero-order valence-electron chi connectivity index (χ0n) is 18.0. The monoisotopic (exact) mass is 424 g/mol. The molecule has 0 saturated carbocycles. The highest BCUT2D eigenvalue weighted by Gasteiger charge is 2.21. The van der Waals surface area contributed by atoms with Gasteiger partial charge in [0.05, 0.1) is 33.5 Å². The van der Waals surface area contributed by atoms with Crippen molar-refractivity contribution in [2.24, 2.45) is 0 Å². The fraction of sp³-hybridized carbons (Fsp3) is 0.391. The van der Waals surface area contributed by atoms with Crippen molar-refractivity contribution in [1.29, 1.82) is 0 Å². The molecule has 0 spiro atoms. The second kappa shape index (κ2) is 9.80. The number of benzene rings is 2. The number of morpholine rings is 1. The SMILES string of the molecule is CCOc1cccc(NC(=O)c2nn(CCN3CCOCC3)c3c(OC)cccc23)c1. The Kier molecular flexibility index (Phi) is 6.69. The summed E-state index contributed by atoms with van der Waals surface area (Å²) >= 11 is 0. The molecule has 1 aromatic heterocycles. The number of para-hydroxylation sites is 1. The predicted octanol–water partition coefficient (Wildman–Crippen LogP) is 3.03. The molecule has 1 fully saturated rings. The second-order valence-corrected chi connectivity index (χ2v) is 7.30. The summed E-state index contributed by atoms with van der Waals surface area (Å²) in [4.78, 5) is 15.5. The van der Waals surface area contributed by atoms with E-state index >= 15 is 0 Å². The third-order valence-corrected chi connectivity index (χ3v) is 5.30.